The summed E-state index contributed by atoms with van der Waals surface area (Å²) in [6.07, 6.45) is 1.36. The zero-order chi connectivity index (χ0) is 24.8. The minimum atomic E-state index is -0.418. The summed E-state index contributed by atoms with van der Waals surface area (Å²) in [6.45, 7) is 4.92. The number of hydrogen-bond donors (Lipinski definition) is 1. The summed E-state index contributed by atoms with van der Waals surface area (Å²) in [5, 5.41) is 4.10. The predicted molar refractivity (Wildman–Crippen MR) is 142 cm³/mol. The van der Waals surface area contributed by atoms with Crippen LogP contribution in [0.25, 0.3) is 10.9 Å². The minimum Gasteiger partial charge on any atom is -0.310 e. The second-order valence-corrected chi connectivity index (χ2v) is 8.86. The van der Waals surface area contributed by atoms with Crippen molar-refractivity contribution < 1.29 is 4.79 Å². The number of nitrogens with zero attached hydrogens (tertiary/aromatic N) is 3. The summed E-state index contributed by atoms with van der Waals surface area (Å²) in [4.78, 5) is 33.8. The molecule has 0 aliphatic rings. The zero-order valence-electron chi connectivity index (χ0n) is 19.9. The van der Waals surface area contributed by atoms with Crippen LogP contribution >= 0.6 is 11.6 Å². The first-order valence-corrected chi connectivity index (χ1v) is 12.3. The number of anilines is 1. The molecule has 2 amide bonds. The van der Waals surface area contributed by atoms with Crippen LogP contribution in [0.1, 0.15) is 44.1 Å². The number of nitrogens with one attached hydrogen (secondary N) is 1. The van der Waals surface area contributed by atoms with Gasteiger partial charge in [-0.3, -0.25) is 9.36 Å². The number of aromatic nitrogens is 2. The molecule has 4 rings (SSSR count). The Morgan fingerprint density at radius 2 is 1.77 bits per heavy atom. The molecule has 0 bridgehead atoms. The third kappa shape index (κ3) is 5.54. The summed E-state index contributed by atoms with van der Waals surface area (Å²) in [6, 6.07) is 23.5. The maximum Gasteiger partial charge on any atom is 0.322 e. The van der Waals surface area contributed by atoms with Crippen LogP contribution in [0, 0.1) is 0 Å². The van der Waals surface area contributed by atoms with Gasteiger partial charge < -0.3 is 10.2 Å². The average molecular weight is 489 g/mol. The van der Waals surface area contributed by atoms with Crippen LogP contribution in [0.5, 0.6) is 0 Å². The number of hydrogen-bond acceptors (Lipinski definition) is 3. The van der Waals surface area contributed by atoms with Crippen molar-refractivity contribution in [1.29, 1.82) is 0 Å². The molecule has 1 aromatic heterocycles. The molecule has 1 unspecified atom stereocenters. The number of benzene rings is 3. The molecule has 1 heterocycles. The first-order chi connectivity index (χ1) is 17.0. The average Bonchev–Trinajstić information content (AvgIpc) is 2.86. The largest absolute Gasteiger partial charge is 0.322 e. The molecule has 1 atom stereocenters. The topological polar surface area (TPSA) is 67.2 Å². The van der Waals surface area contributed by atoms with E-state index >= 15 is 0 Å². The molecule has 6 nitrogen and oxygen atoms in total. The number of fused-ring (bicyclic) bond motifs is 1. The number of halogens is 1. The van der Waals surface area contributed by atoms with Crippen LogP contribution in [0.2, 0.25) is 5.02 Å². The van der Waals surface area contributed by atoms with E-state index in [0.717, 1.165) is 12.0 Å². The highest BCUT2D eigenvalue weighted by molar-refractivity contribution is 6.30. The van der Waals surface area contributed by atoms with Crippen LogP contribution in [0.3, 0.4) is 0 Å². The van der Waals surface area contributed by atoms with Crippen LogP contribution in [0.4, 0.5) is 10.5 Å². The second-order valence-electron chi connectivity index (χ2n) is 8.42. The van der Waals surface area contributed by atoms with Crippen LogP contribution < -0.4 is 10.9 Å². The normalized spacial score (nSPS) is 11.9. The molecule has 0 saturated heterocycles. The zero-order valence-corrected chi connectivity index (χ0v) is 20.7. The fourth-order valence-electron chi connectivity index (χ4n) is 4.29. The van der Waals surface area contributed by atoms with Crippen molar-refractivity contribution in [2.24, 2.45) is 0 Å². The summed E-state index contributed by atoms with van der Waals surface area (Å²) < 4.78 is 1.72. The third-order valence-electron chi connectivity index (χ3n) is 5.93. The molecule has 180 valence electrons. The van der Waals surface area contributed by atoms with Crippen molar-refractivity contribution in [2.75, 3.05) is 5.32 Å². The van der Waals surface area contributed by atoms with Crippen molar-refractivity contribution in [2.45, 2.75) is 45.8 Å². The Labute approximate surface area is 210 Å². The molecule has 0 fully saturated rings. The number of rotatable bonds is 8. The van der Waals surface area contributed by atoms with E-state index in [9.17, 15) is 9.59 Å². The highest BCUT2D eigenvalue weighted by Gasteiger charge is 2.29. The first-order valence-electron chi connectivity index (χ1n) is 11.9. The van der Waals surface area contributed by atoms with Crippen molar-refractivity contribution in [3.05, 3.63) is 106 Å². The van der Waals surface area contributed by atoms with Gasteiger partial charge in [0.15, 0.2) is 0 Å². The van der Waals surface area contributed by atoms with Gasteiger partial charge in [-0.05, 0) is 48.7 Å². The smallest absolute Gasteiger partial charge is 0.310 e. The summed E-state index contributed by atoms with van der Waals surface area (Å²) >= 11 is 6.14. The highest BCUT2D eigenvalue weighted by Crippen LogP contribution is 2.27. The van der Waals surface area contributed by atoms with Crippen molar-refractivity contribution in [3.63, 3.8) is 0 Å². The van der Waals surface area contributed by atoms with E-state index in [-0.39, 0.29) is 11.6 Å². The minimum absolute atomic E-state index is 0.0826. The van der Waals surface area contributed by atoms with Gasteiger partial charge in [-0.1, -0.05) is 74.0 Å². The van der Waals surface area contributed by atoms with E-state index in [1.54, 1.807) is 39.8 Å². The predicted octanol–water partition coefficient (Wildman–Crippen LogP) is 6.65. The fourth-order valence-corrected chi connectivity index (χ4v) is 4.48. The number of amides is 2. The molecular formula is C28H29ClN4O2. The van der Waals surface area contributed by atoms with Gasteiger partial charge in [0.1, 0.15) is 5.82 Å². The van der Waals surface area contributed by atoms with Gasteiger partial charge in [0.2, 0.25) is 0 Å². The lowest BCUT2D eigenvalue weighted by atomic mass is 10.1. The number of carbonyl (C=O) groups excluding carboxylic acids is 1. The molecule has 4 aromatic rings. The Morgan fingerprint density at radius 3 is 2.49 bits per heavy atom. The molecule has 0 saturated carbocycles. The molecule has 7 heteroatoms. The second kappa shape index (κ2) is 11.2. The lowest BCUT2D eigenvalue weighted by Gasteiger charge is -2.32. The molecule has 0 aliphatic heterocycles. The molecule has 0 radical (unpaired) electrons. The number of carbonyl (C=O) groups is 1. The van der Waals surface area contributed by atoms with E-state index in [0.29, 0.717) is 46.9 Å². The van der Waals surface area contributed by atoms with Gasteiger partial charge in [0.25, 0.3) is 5.56 Å². The molecule has 0 aliphatic carbocycles. The number of para-hydroxylation sites is 1. The molecule has 1 N–H and O–H groups in total. The Balaban J connectivity index is 1.81. The third-order valence-corrected chi connectivity index (χ3v) is 6.17. The van der Waals surface area contributed by atoms with Gasteiger partial charge in [-0.2, -0.15) is 0 Å². The van der Waals surface area contributed by atoms with Gasteiger partial charge in [-0.15, -0.1) is 0 Å². The van der Waals surface area contributed by atoms with Gasteiger partial charge in [0.05, 0.1) is 16.9 Å². The van der Waals surface area contributed by atoms with Crippen molar-refractivity contribution in [1.82, 2.24) is 14.5 Å². The number of urea groups is 1. The Bertz CT molecular complexity index is 1370. The maximum atomic E-state index is 13.7. The SMILES string of the molecule is CCCn1c(C(CC)N(Cc2ccccc2)C(=O)Nc2cccc(Cl)c2)nc2ccccc2c1=O. The molecular weight excluding hydrogens is 460 g/mol. The maximum absolute atomic E-state index is 13.7. The standard InChI is InChI=1S/C28H29ClN4O2/c1-3-17-32-26(31-24-16-9-8-15-23(24)27(32)34)25(4-2)33(19-20-11-6-5-7-12-20)28(35)30-22-14-10-13-21(29)18-22/h5-16,18,25H,3-4,17,19H2,1-2H3,(H,30,35). The van der Waals surface area contributed by atoms with Crippen LogP contribution in [0.15, 0.2) is 83.7 Å². The fraction of sp³-hybridized carbons (Fsp3) is 0.250. The lowest BCUT2D eigenvalue weighted by molar-refractivity contribution is 0.175. The summed E-state index contributed by atoms with van der Waals surface area (Å²) in [5.74, 6) is 0.593. The monoisotopic (exact) mass is 488 g/mol. The van der Waals surface area contributed by atoms with Gasteiger partial charge in [0, 0.05) is 23.8 Å². The van der Waals surface area contributed by atoms with Crippen LogP contribution in [-0.4, -0.2) is 20.5 Å². The Kier molecular flexibility index (Phi) is 7.83. The van der Waals surface area contributed by atoms with E-state index in [1.807, 2.05) is 62.4 Å². The van der Waals surface area contributed by atoms with E-state index in [2.05, 4.69) is 5.32 Å². The van der Waals surface area contributed by atoms with Crippen molar-refractivity contribution in [3.8, 4) is 0 Å². The van der Waals surface area contributed by atoms with Crippen LogP contribution in [-0.2, 0) is 13.1 Å². The summed E-state index contributed by atoms with van der Waals surface area (Å²) in [7, 11) is 0. The van der Waals surface area contributed by atoms with Gasteiger partial charge in [-0.25, -0.2) is 9.78 Å². The quantitative estimate of drug-likeness (QED) is 0.302. The van der Waals surface area contributed by atoms with Gasteiger partial charge >= 0.3 is 6.03 Å². The Hall–Kier alpha value is -3.64. The molecule has 0 spiro atoms. The van der Waals surface area contributed by atoms with E-state index < -0.39 is 6.04 Å². The molecule has 35 heavy (non-hydrogen) atoms. The first kappa shape index (κ1) is 24.5. The van der Waals surface area contributed by atoms with E-state index in [4.69, 9.17) is 16.6 Å². The van der Waals surface area contributed by atoms with E-state index in [1.165, 1.54) is 0 Å². The molecule has 3 aromatic carbocycles. The lowest BCUT2D eigenvalue weighted by Crippen LogP contribution is -2.40. The summed E-state index contributed by atoms with van der Waals surface area (Å²) in [5.41, 5.74) is 2.14. The Morgan fingerprint density at radius 1 is 1.03 bits per heavy atom. The van der Waals surface area contributed by atoms with Crippen molar-refractivity contribution >= 4 is 34.2 Å². The highest BCUT2D eigenvalue weighted by atomic mass is 35.5.